The molecule has 4 rings (SSSR count). The number of ether oxygens (including phenoxy) is 2. The number of hydrogen-bond donors (Lipinski definition) is 0. The summed E-state index contributed by atoms with van der Waals surface area (Å²) in [4.78, 5) is 14.9. The van der Waals surface area contributed by atoms with E-state index in [4.69, 9.17) is 9.47 Å². The maximum atomic E-state index is 13.3. The number of carbonyl (C=O) groups is 1. The number of nitrogens with zero attached hydrogens (tertiary/aromatic N) is 3. The average Bonchev–Trinajstić information content (AvgIpc) is 3.31. The highest BCUT2D eigenvalue weighted by atomic mass is 32.2. The van der Waals surface area contributed by atoms with Gasteiger partial charge in [0.1, 0.15) is 22.1 Å². The van der Waals surface area contributed by atoms with Crippen LogP contribution in [0.25, 0.3) is 0 Å². The highest BCUT2D eigenvalue weighted by Gasteiger charge is 2.33. The second-order valence-corrected chi connectivity index (χ2v) is 9.63. The van der Waals surface area contributed by atoms with Gasteiger partial charge in [-0.25, -0.2) is 8.42 Å². The predicted molar refractivity (Wildman–Crippen MR) is 124 cm³/mol. The Balaban J connectivity index is 1.47. The van der Waals surface area contributed by atoms with Crippen molar-refractivity contribution in [2.75, 3.05) is 40.4 Å². The molecular weight excluding hydrogens is 442 g/mol. The van der Waals surface area contributed by atoms with Gasteiger partial charge in [0.15, 0.2) is 0 Å². The van der Waals surface area contributed by atoms with Gasteiger partial charge in [0.05, 0.1) is 14.2 Å². The van der Waals surface area contributed by atoms with Crippen LogP contribution < -0.4 is 9.47 Å². The van der Waals surface area contributed by atoms with Gasteiger partial charge >= 0.3 is 0 Å². The predicted octanol–water partition coefficient (Wildman–Crippen LogP) is 2.70. The Morgan fingerprint density at radius 1 is 0.909 bits per heavy atom. The maximum Gasteiger partial charge on any atom is 0.270 e. The molecule has 0 atom stereocenters. The van der Waals surface area contributed by atoms with Crippen molar-refractivity contribution >= 4 is 15.9 Å². The zero-order valence-electron chi connectivity index (χ0n) is 18.7. The molecule has 174 valence electrons. The number of benzene rings is 2. The third-order valence-corrected chi connectivity index (χ3v) is 7.68. The van der Waals surface area contributed by atoms with E-state index in [0.29, 0.717) is 31.1 Å². The Morgan fingerprint density at radius 2 is 1.64 bits per heavy atom. The van der Waals surface area contributed by atoms with Crippen molar-refractivity contribution in [3.8, 4) is 11.5 Å². The van der Waals surface area contributed by atoms with E-state index >= 15 is 0 Å². The van der Waals surface area contributed by atoms with E-state index in [-0.39, 0.29) is 29.6 Å². The summed E-state index contributed by atoms with van der Waals surface area (Å²) in [5.41, 5.74) is 1.69. The molecule has 1 fully saturated rings. The molecule has 0 radical (unpaired) electrons. The Labute approximate surface area is 194 Å². The largest absolute Gasteiger partial charge is 0.497 e. The van der Waals surface area contributed by atoms with E-state index < -0.39 is 10.0 Å². The minimum Gasteiger partial charge on any atom is -0.497 e. The minimum absolute atomic E-state index is 0.0564. The number of carbonyl (C=O) groups excluding carboxylic acids is 1. The molecule has 9 heteroatoms. The van der Waals surface area contributed by atoms with Crippen LogP contribution in [-0.2, 0) is 16.6 Å². The summed E-state index contributed by atoms with van der Waals surface area (Å²) in [6, 6.07) is 18.3. The molecule has 8 nitrogen and oxygen atoms in total. The fourth-order valence-electron chi connectivity index (χ4n) is 3.94. The molecular formula is C24H27N3O5S. The third-order valence-electron chi connectivity index (χ3n) is 5.76. The second kappa shape index (κ2) is 9.68. The van der Waals surface area contributed by atoms with E-state index in [0.717, 1.165) is 5.56 Å². The van der Waals surface area contributed by atoms with Crippen molar-refractivity contribution in [3.05, 3.63) is 78.1 Å². The van der Waals surface area contributed by atoms with Gasteiger partial charge in [0.25, 0.3) is 5.91 Å². The van der Waals surface area contributed by atoms with Crippen LogP contribution in [0.5, 0.6) is 11.5 Å². The summed E-state index contributed by atoms with van der Waals surface area (Å²) >= 11 is 0. The molecule has 33 heavy (non-hydrogen) atoms. The average molecular weight is 470 g/mol. The molecule has 3 aromatic rings. The smallest absolute Gasteiger partial charge is 0.270 e. The summed E-state index contributed by atoms with van der Waals surface area (Å²) in [5.74, 6) is 0.586. The van der Waals surface area contributed by atoms with E-state index in [1.54, 1.807) is 23.1 Å². The van der Waals surface area contributed by atoms with Crippen LogP contribution in [0.3, 0.4) is 0 Å². The summed E-state index contributed by atoms with van der Waals surface area (Å²) in [7, 11) is -0.889. The Morgan fingerprint density at radius 3 is 2.30 bits per heavy atom. The highest BCUT2D eigenvalue weighted by molar-refractivity contribution is 7.89. The Hall–Kier alpha value is -3.30. The Kier molecular flexibility index (Phi) is 6.71. The van der Waals surface area contributed by atoms with Crippen LogP contribution >= 0.6 is 0 Å². The summed E-state index contributed by atoms with van der Waals surface area (Å²) in [6.07, 6.45) is 1.88. The van der Waals surface area contributed by atoms with Crippen LogP contribution in [0.15, 0.2) is 71.8 Å². The van der Waals surface area contributed by atoms with Gasteiger partial charge in [-0.05, 0) is 29.8 Å². The summed E-state index contributed by atoms with van der Waals surface area (Å²) in [5, 5.41) is 0. The first kappa shape index (κ1) is 22.9. The van der Waals surface area contributed by atoms with Crippen molar-refractivity contribution in [1.82, 2.24) is 13.8 Å². The molecule has 1 aliphatic heterocycles. The molecule has 1 aromatic heterocycles. The van der Waals surface area contributed by atoms with Crippen LogP contribution in [0, 0.1) is 0 Å². The van der Waals surface area contributed by atoms with Crippen LogP contribution in [-0.4, -0.2) is 68.5 Å². The van der Waals surface area contributed by atoms with Gasteiger partial charge in [0.2, 0.25) is 10.0 Å². The number of rotatable bonds is 7. The van der Waals surface area contributed by atoms with Crippen molar-refractivity contribution in [3.63, 3.8) is 0 Å². The first-order valence-electron chi connectivity index (χ1n) is 10.6. The van der Waals surface area contributed by atoms with Crippen LogP contribution in [0.4, 0.5) is 0 Å². The SMILES string of the molecule is COc1ccc(OC)c(S(=O)(=O)N2CCN(C(=O)c3cccn3Cc3ccccc3)CC2)c1. The molecule has 0 N–H and O–H groups in total. The lowest BCUT2D eigenvalue weighted by Crippen LogP contribution is -2.50. The molecule has 2 heterocycles. The normalized spacial score (nSPS) is 14.8. The van der Waals surface area contributed by atoms with E-state index in [2.05, 4.69) is 0 Å². The van der Waals surface area contributed by atoms with Gasteiger partial charge < -0.3 is 18.9 Å². The third kappa shape index (κ3) is 4.74. The highest BCUT2D eigenvalue weighted by Crippen LogP contribution is 2.31. The molecule has 0 unspecified atom stereocenters. The standard InChI is InChI=1S/C24H27N3O5S/c1-31-20-10-11-22(32-2)23(17-20)33(29,30)27-15-13-25(14-16-27)24(28)21-9-6-12-26(21)18-19-7-4-3-5-8-19/h3-12,17H,13-16,18H2,1-2H3. The molecule has 0 bridgehead atoms. The van der Waals surface area contributed by atoms with Crippen molar-refractivity contribution in [2.45, 2.75) is 11.4 Å². The summed E-state index contributed by atoms with van der Waals surface area (Å²) < 4.78 is 40.3. The lowest BCUT2D eigenvalue weighted by molar-refractivity contribution is 0.0687. The molecule has 1 aliphatic rings. The maximum absolute atomic E-state index is 13.3. The molecule has 1 saturated heterocycles. The van der Waals surface area contributed by atoms with Gasteiger partial charge in [-0.1, -0.05) is 30.3 Å². The number of methoxy groups -OCH3 is 2. The van der Waals surface area contributed by atoms with Gasteiger partial charge in [0, 0.05) is 45.0 Å². The molecule has 0 aliphatic carbocycles. The zero-order chi connectivity index (χ0) is 23.4. The monoisotopic (exact) mass is 469 g/mol. The quantitative estimate of drug-likeness (QED) is 0.532. The fourth-order valence-corrected chi connectivity index (χ4v) is 5.54. The first-order chi connectivity index (χ1) is 15.9. The topological polar surface area (TPSA) is 81.1 Å². The van der Waals surface area contributed by atoms with E-state index in [1.165, 1.54) is 24.6 Å². The van der Waals surface area contributed by atoms with Crippen LogP contribution in [0.1, 0.15) is 16.1 Å². The van der Waals surface area contributed by atoms with E-state index in [9.17, 15) is 13.2 Å². The zero-order valence-corrected chi connectivity index (χ0v) is 19.5. The van der Waals surface area contributed by atoms with Crippen molar-refractivity contribution in [2.24, 2.45) is 0 Å². The molecule has 1 amide bonds. The molecule has 0 saturated carbocycles. The Bertz CT molecular complexity index is 1220. The number of amides is 1. The van der Waals surface area contributed by atoms with E-state index in [1.807, 2.05) is 47.2 Å². The van der Waals surface area contributed by atoms with Crippen LogP contribution in [0.2, 0.25) is 0 Å². The van der Waals surface area contributed by atoms with Gasteiger partial charge in [-0.2, -0.15) is 4.31 Å². The summed E-state index contributed by atoms with van der Waals surface area (Å²) in [6.45, 7) is 1.61. The number of aromatic nitrogens is 1. The number of sulfonamides is 1. The number of piperazine rings is 1. The van der Waals surface area contributed by atoms with Crippen molar-refractivity contribution in [1.29, 1.82) is 0 Å². The lowest BCUT2D eigenvalue weighted by atomic mass is 10.2. The molecule has 0 spiro atoms. The lowest BCUT2D eigenvalue weighted by Gasteiger charge is -2.34. The van der Waals surface area contributed by atoms with Gasteiger partial charge in [-0.3, -0.25) is 4.79 Å². The molecule has 2 aromatic carbocycles. The second-order valence-electron chi connectivity index (χ2n) is 7.72. The van der Waals surface area contributed by atoms with Crippen molar-refractivity contribution < 1.29 is 22.7 Å². The van der Waals surface area contributed by atoms with Gasteiger partial charge in [-0.15, -0.1) is 0 Å². The first-order valence-corrected chi connectivity index (χ1v) is 12.1. The fraction of sp³-hybridized carbons (Fsp3) is 0.292. The minimum atomic E-state index is -3.80. The number of hydrogen-bond acceptors (Lipinski definition) is 5.